The van der Waals surface area contributed by atoms with Crippen molar-refractivity contribution in [2.45, 2.75) is 6.61 Å². The number of methoxy groups -OCH3 is 1. The van der Waals surface area contributed by atoms with E-state index in [1.54, 1.807) is 18.2 Å². The van der Waals surface area contributed by atoms with Crippen LogP contribution < -0.4 is 14.9 Å². The zero-order valence-electron chi connectivity index (χ0n) is 11.2. The van der Waals surface area contributed by atoms with Crippen LogP contribution in [0, 0.1) is 5.82 Å². The third-order valence-electron chi connectivity index (χ3n) is 2.91. The van der Waals surface area contributed by atoms with E-state index >= 15 is 0 Å². The van der Waals surface area contributed by atoms with E-state index in [0.29, 0.717) is 22.5 Å². The highest BCUT2D eigenvalue weighted by atomic mass is 35.5. The second-order valence-electron chi connectivity index (χ2n) is 4.30. The van der Waals surface area contributed by atoms with Crippen molar-refractivity contribution in [3.63, 3.8) is 0 Å². The highest BCUT2D eigenvalue weighted by Gasteiger charge is 2.17. The molecular weight excluding hydrogens is 297 g/mol. The maximum absolute atomic E-state index is 13.1. The SMILES string of the molecule is COc1ccc(B(O)O)c(COc2ccc(F)c(Cl)c2)c1. The Morgan fingerprint density at radius 1 is 1.14 bits per heavy atom. The Morgan fingerprint density at radius 2 is 1.86 bits per heavy atom. The molecule has 2 N–H and O–H groups in total. The zero-order valence-corrected chi connectivity index (χ0v) is 12.0. The van der Waals surface area contributed by atoms with E-state index in [1.807, 2.05) is 0 Å². The molecule has 0 atom stereocenters. The molecule has 110 valence electrons. The van der Waals surface area contributed by atoms with Gasteiger partial charge in [-0.1, -0.05) is 17.7 Å². The van der Waals surface area contributed by atoms with Crippen LogP contribution in [0.15, 0.2) is 36.4 Å². The third kappa shape index (κ3) is 3.88. The Hall–Kier alpha value is -1.76. The molecule has 0 unspecified atom stereocenters. The number of hydrogen-bond acceptors (Lipinski definition) is 4. The van der Waals surface area contributed by atoms with Gasteiger partial charge in [0, 0.05) is 6.07 Å². The Balaban J connectivity index is 2.19. The van der Waals surface area contributed by atoms with Crippen molar-refractivity contribution < 1.29 is 23.9 Å². The van der Waals surface area contributed by atoms with Crippen molar-refractivity contribution in [3.05, 3.63) is 52.8 Å². The molecule has 7 heteroatoms. The summed E-state index contributed by atoms with van der Waals surface area (Å²) in [5, 5.41) is 18.6. The number of benzene rings is 2. The minimum atomic E-state index is -1.62. The van der Waals surface area contributed by atoms with E-state index in [-0.39, 0.29) is 11.6 Å². The predicted molar refractivity (Wildman–Crippen MR) is 78.6 cm³/mol. The van der Waals surface area contributed by atoms with Gasteiger partial charge in [0.05, 0.1) is 12.1 Å². The van der Waals surface area contributed by atoms with E-state index in [2.05, 4.69) is 0 Å². The van der Waals surface area contributed by atoms with Gasteiger partial charge in [-0.2, -0.15) is 0 Å². The van der Waals surface area contributed by atoms with E-state index in [4.69, 9.17) is 21.1 Å². The number of rotatable bonds is 5. The Bertz CT molecular complexity index is 636. The normalized spacial score (nSPS) is 10.3. The van der Waals surface area contributed by atoms with Crippen LogP contribution in [0.25, 0.3) is 0 Å². The van der Waals surface area contributed by atoms with E-state index in [0.717, 1.165) is 0 Å². The first-order chi connectivity index (χ1) is 10.0. The van der Waals surface area contributed by atoms with Crippen LogP contribution in [0.1, 0.15) is 5.56 Å². The molecule has 2 aromatic carbocycles. The summed E-state index contributed by atoms with van der Waals surface area (Å²) in [6, 6.07) is 8.79. The van der Waals surface area contributed by atoms with Crippen LogP contribution in [-0.4, -0.2) is 24.3 Å². The van der Waals surface area contributed by atoms with Crippen LogP contribution in [0.3, 0.4) is 0 Å². The largest absolute Gasteiger partial charge is 0.497 e. The fourth-order valence-electron chi connectivity index (χ4n) is 1.81. The fourth-order valence-corrected chi connectivity index (χ4v) is 1.98. The predicted octanol–water partition coefficient (Wildman–Crippen LogP) is 1.75. The zero-order chi connectivity index (χ0) is 15.4. The Morgan fingerprint density at radius 3 is 2.48 bits per heavy atom. The minimum absolute atomic E-state index is 0.0411. The quantitative estimate of drug-likeness (QED) is 0.826. The van der Waals surface area contributed by atoms with Crippen LogP contribution in [-0.2, 0) is 6.61 Å². The van der Waals surface area contributed by atoms with Crippen molar-refractivity contribution >= 4 is 24.2 Å². The lowest BCUT2D eigenvalue weighted by molar-refractivity contribution is 0.305. The van der Waals surface area contributed by atoms with Gasteiger partial charge in [-0.15, -0.1) is 0 Å². The van der Waals surface area contributed by atoms with Crippen LogP contribution >= 0.6 is 11.6 Å². The highest BCUT2D eigenvalue weighted by molar-refractivity contribution is 6.59. The highest BCUT2D eigenvalue weighted by Crippen LogP contribution is 2.22. The van der Waals surface area contributed by atoms with Gasteiger partial charge >= 0.3 is 7.12 Å². The summed E-state index contributed by atoms with van der Waals surface area (Å²) in [5.74, 6) is 0.412. The number of hydrogen-bond donors (Lipinski definition) is 2. The molecule has 0 aliphatic heterocycles. The lowest BCUT2D eigenvalue weighted by Crippen LogP contribution is -2.33. The molecule has 0 amide bonds. The Kier molecular flexibility index (Phi) is 5.06. The summed E-state index contributed by atoms with van der Waals surface area (Å²) < 4.78 is 23.6. The molecule has 2 rings (SSSR count). The number of halogens is 2. The fraction of sp³-hybridized carbons (Fsp3) is 0.143. The second-order valence-corrected chi connectivity index (χ2v) is 4.71. The maximum atomic E-state index is 13.1. The lowest BCUT2D eigenvalue weighted by Gasteiger charge is -2.12. The van der Waals surface area contributed by atoms with Crippen molar-refractivity contribution in [2.75, 3.05) is 7.11 Å². The molecule has 0 saturated carbocycles. The molecule has 21 heavy (non-hydrogen) atoms. The molecule has 0 saturated heterocycles. The summed E-state index contributed by atoms with van der Waals surface area (Å²) in [5.41, 5.74) is 0.855. The average Bonchev–Trinajstić information content (AvgIpc) is 2.48. The molecule has 2 aromatic rings. The minimum Gasteiger partial charge on any atom is -0.497 e. The molecule has 0 aliphatic rings. The average molecular weight is 311 g/mol. The summed E-state index contributed by atoms with van der Waals surface area (Å²) in [6.07, 6.45) is 0. The van der Waals surface area contributed by atoms with E-state index in [1.165, 1.54) is 25.3 Å². The van der Waals surface area contributed by atoms with Gasteiger partial charge in [0.2, 0.25) is 0 Å². The van der Waals surface area contributed by atoms with Gasteiger partial charge in [-0.3, -0.25) is 0 Å². The summed E-state index contributed by atoms with van der Waals surface area (Å²) in [6.45, 7) is 0.0616. The van der Waals surface area contributed by atoms with Gasteiger partial charge in [-0.05, 0) is 35.3 Å². The monoisotopic (exact) mass is 310 g/mol. The van der Waals surface area contributed by atoms with Gasteiger partial charge in [0.1, 0.15) is 23.9 Å². The summed E-state index contributed by atoms with van der Waals surface area (Å²) >= 11 is 5.67. The molecule has 0 radical (unpaired) electrons. The van der Waals surface area contributed by atoms with Gasteiger partial charge in [0.15, 0.2) is 0 Å². The first-order valence-corrected chi connectivity index (χ1v) is 6.50. The standard InChI is InChI=1S/C14H13BClFO4/c1-20-10-2-4-12(15(18)19)9(6-10)8-21-11-3-5-14(17)13(16)7-11/h2-7,18-19H,8H2,1H3. The molecule has 0 spiro atoms. The summed E-state index contributed by atoms with van der Waals surface area (Å²) in [4.78, 5) is 0. The van der Waals surface area contributed by atoms with Crippen LogP contribution in [0.4, 0.5) is 4.39 Å². The van der Waals surface area contributed by atoms with Crippen molar-refractivity contribution in [3.8, 4) is 11.5 Å². The van der Waals surface area contributed by atoms with Gasteiger partial charge < -0.3 is 19.5 Å². The molecule has 0 bridgehead atoms. The van der Waals surface area contributed by atoms with Gasteiger partial charge in [0.25, 0.3) is 0 Å². The van der Waals surface area contributed by atoms with Gasteiger partial charge in [-0.25, -0.2) is 4.39 Å². The summed E-state index contributed by atoms with van der Waals surface area (Å²) in [7, 11) is -0.110. The molecule has 4 nitrogen and oxygen atoms in total. The number of ether oxygens (including phenoxy) is 2. The van der Waals surface area contributed by atoms with E-state index < -0.39 is 12.9 Å². The maximum Gasteiger partial charge on any atom is 0.488 e. The van der Waals surface area contributed by atoms with Crippen molar-refractivity contribution in [1.82, 2.24) is 0 Å². The third-order valence-corrected chi connectivity index (χ3v) is 3.20. The molecule has 0 fully saturated rings. The first-order valence-electron chi connectivity index (χ1n) is 6.12. The molecule has 0 heterocycles. The second kappa shape index (κ2) is 6.80. The smallest absolute Gasteiger partial charge is 0.488 e. The van der Waals surface area contributed by atoms with E-state index in [9.17, 15) is 14.4 Å². The van der Waals surface area contributed by atoms with Crippen LogP contribution in [0.5, 0.6) is 11.5 Å². The Labute approximate surface area is 126 Å². The molecule has 0 aliphatic carbocycles. The van der Waals surface area contributed by atoms with Crippen LogP contribution in [0.2, 0.25) is 5.02 Å². The molecular formula is C14H13BClFO4. The lowest BCUT2D eigenvalue weighted by atomic mass is 9.77. The first kappa shape index (κ1) is 15.6. The van der Waals surface area contributed by atoms with Crippen molar-refractivity contribution in [1.29, 1.82) is 0 Å². The topological polar surface area (TPSA) is 58.9 Å². The molecule has 0 aromatic heterocycles. The van der Waals surface area contributed by atoms with Crippen molar-refractivity contribution in [2.24, 2.45) is 0 Å².